The van der Waals surface area contributed by atoms with Crippen molar-refractivity contribution >= 4 is 11.6 Å². The number of carbonyl (C=O) groups excluding carboxylic acids is 1. The number of aryl methyl sites for hydroxylation is 2. The Morgan fingerprint density at radius 3 is 2.86 bits per heavy atom. The molecule has 0 aromatic carbocycles. The summed E-state index contributed by atoms with van der Waals surface area (Å²) in [6.07, 6.45) is 8.08. The van der Waals surface area contributed by atoms with Gasteiger partial charge in [0.15, 0.2) is 0 Å². The number of hydrogen-bond acceptors (Lipinski definition) is 4. The predicted molar refractivity (Wildman–Crippen MR) is 82.4 cm³/mol. The maximum Gasteiger partial charge on any atom is 0.251 e. The van der Waals surface area contributed by atoms with Gasteiger partial charge >= 0.3 is 0 Å². The molecule has 6 nitrogen and oxygen atoms in total. The average molecular weight is 298 g/mol. The molecule has 1 amide bonds. The summed E-state index contributed by atoms with van der Waals surface area (Å²) >= 11 is 0. The number of anilines is 1. The van der Waals surface area contributed by atoms with E-state index in [0.717, 1.165) is 28.2 Å². The largest absolute Gasteiger partial charge is 0.361 e. The van der Waals surface area contributed by atoms with Gasteiger partial charge < -0.3 is 9.84 Å². The summed E-state index contributed by atoms with van der Waals surface area (Å²) in [6.45, 7) is 6.34. The third kappa shape index (κ3) is 2.86. The van der Waals surface area contributed by atoms with Crippen LogP contribution in [0.25, 0.3) is 0 Å². The normalized spacial score (nSPS) is 14.0. The number of aromatic nitrogens is 3. The maximum atomic E-state index is 12.1. The van der Waals surface area contributed by atoms with Crippen LogP contribution in [0.15, 0.2) is 40.2 Å². The molecule has 1 aliphatic carbocycles. The van der Waals surface area contributed by atoms with E-state index in [2.05, 4.69) is 15.6 Å². The molecule has 1 aliphatic rings. The Morgan fingerprint density at radius 1 is 1.41 bits per heavy atom. The molecule has 0 unspecified atom stereocenters. The van der Waals surface area contributed by atoms with Gasteiger partial charge in [-0.15, -0.1) is 0 Å². The van der Waals surface area contributed by atoms with Gasteiger partial charge in [-0.05, 0) is 27.2 Å². The Labute approximate surface area is 128 Å². The van der Waals surface area contributed by atoms with E-state index in [1.165, 1.54) is 0 Å². The smallest absolute Gasteiger partial charge is 0.251 e. The molecule has 2 aromatic heterocycles. The topological polar surface area (TPSA) is 73.0 Å². The van der Waals surface area contributed by atoms with Crippen LogP contribution in [0.4, 0.5) is 5.69 Å². The molecule has 1 N–H and O–H groups in total. The van der Waals surface area contributed by atoms with Crippen LogP contribution in [-0.2, 0) is 11.3 Å². The van der Waals surface area contributed by atoms with Gasteiger partial charge in [0.2, 0.25) is 0 Å². The molecule has 2 heterocycles. The van der Waals surface area contributed by atoms with Gasteiger partial charge in [0.25, 0.3) is 5.91 Å². The first-order valence-corrected chi connectivity index (χ1v) is 7.16. The maximum absolute atomic E-state index is 12.1. The minimum absolute atomic E-state index is 0.0787. The van der Waals surface area contributed by atoms with Crippen LogP contribution in [0, 0.1) is 13.8 Å². The van der Waals surface area contributed by atoms with Gasteiger partial charge in [-0.25, -0.2) is 0 Å². The highest BCUT2D eigenvalue weighted by atomic mass is 16.5. The average Bonchev–Trinajstić information content (AvgIpc) is 3.17. The molecule has 0 saturated heterocycles. The van der Waals surface area contributed by atoms with Crippen molar-refractivity contribution in [2.45, 2.75) is 33.7 Å². The van der Waals surface area contributed by atoms with Gasteiger partial charge in [-0.2, -0.15) is 5.10 Å². The Balaban J connectivity index is 1.67. The molecule has 3 rings (SSSR count). The van der Waals surface area contributed by atoms with Crippen molar-refractivity contribution in [3.05, 3.63) is 52.7 Å². The second kappa shape index (κ2) is 5.63. The first-order valence-electron chi connectivity index (χ1n) is 7.16. The molecule has 22 heavy (non-hydrogen) atoms. The second-order valence-corrected chi connectivity index (χ2v) is 5.51. The molecule has 0 bridgehead atoms. The van der Waals surface area contributed by atoms with Crippen molar-refractivity contribution in [3.8, 4) is 0 Å². The van der Waals surface area contributed by atoms with Gasteiger partial charge in [0.1, 0.15) is 5.76 Å². The molecular weight excluding hydrogens is 280 g/mol. The summed E-state index contributed by atoms with van der Waals surface area (Å²) in [7, 11) is 0. The lowest BCUT2D eigenvalue weighted by molar-refractivity contribution is -0.112. The summed E-state index contributed by atoms with van der Waals surface area (Å²) in [5.41, 5.74) is 4.45. The summed E-state index contributed by atoms with van der Waals surface area (Å²) in [4.78, 5) is 12.1. The van der Waals surface area contributed by atoms with Gasteiger partial charge in [0.05, 0.1) is 24.1 Å². The Bertz CT molecular complexity index is 760. The van der Waals surface area contributed by atoms with E-state index in [0.29, 0.717) is 18.7 Å². The van der Waals surface area contributed by atoms with E-state index in [9.17, 15) is 4.79 Å². The number of nitrogens with zero attached hydrogens (tertiary/aromatic N) is 3. The van der Waals surface area contributed by atoms with Gasteiger partial charge in [-0.3, -0.25) is 9.48 Å². The van der Waals surface area contributed by atoms with E-state index in [-0.39, 0.29) is 5.91 Å². The van der Waals surface area contributed by atoms with E-state index in [1.54, 1.807) is 17.1 Å². The molecule has 6 heteroatoms. The zero-order valence-corrected chi connectivity index (χ0v) is 12.9. The third-order valence-electron chi connectivity index (χ3n) is 3.73. The molecule has 0 aliphatic heterocycles. The van der Waals surface area contributed by atoms with Crippen LogP contribution in [-0.4, -0.2) is 20.8 Å². The Morgan fingerprint density at radius 2 is 2.23 bits per heavy atom. The van der Waals surface area contributed by atoms with E-state index in [1.807, 2.05) is 32.9 Å². The Kier molecular flexibility index (Phi) is 3.66. The van der Waals surface area contributed by atoms with E-state index in [4.69, 9.17) is 4.52 Å². The molecule has 0 spiro atoms. The number of amides is 1. The summed E-state index contributed by atoms with van der Waals surface area (Å²) in [5.74, 6) is 0.709. The van der Waals surface area contributed by atoms with E-state index >= 15 is 0 Å². The van der Waals surface area contributed by atoms with Gasteiger partial charge in [0, 0.05) is 17.3 Å². The number of nitrogens with one attached hydrogen (secondary N) is 1. The molecule has 2 aromatic rings. The highest BCUT2D eigenvalue weighted by Crippen LogP contribution is 2.19. The highest BCUT2D eigenvalue weighted by Gasteiger charge is 2.14. The van der Waals surface area contributed by atoms with Crippen LogP contribution in [0.5, 0.6) is 0 Å². The van der Waals surface area contributed by atoms with Crippen molar-refractivity contribution < 1.29 is 9.32 Å². The summed E-state index contributed by atoms with van der Waals surface area (Å²) < 4.78 is 6.90. The first kappa shape index (κ1) is 14.3. The molecular formula is C16H18N4O2. The van der Waals surface area contributed by atoms with Crippen LogP contribution < -0.4 is 5.32 Å². The molecule has 0 fully saturated rings. The standard InChI is InChI=1S/C16H18N4O2/c1-10-4-5-13(6-10)16(21)18-14-7-17-20(8-14)9-15-11(2)19-22-12(15)3/h4,6-8H,5,9H2,1-3H3,(H,18,21). The fraction of sp³-hybridized carbons (Fsp3) is 0.312. The third-order valence-corrected chi connectivity index (χ3v) is 3.73. The van der Waals surface area contributed by atoms with Crippen molar-refractivity contribution in [2.24, 2.45) is 0 Å². The van der Waals surface area contributed by atoms with Crippen molar-refractivity contribution in [1.82, 2.24) is 14.9 Å². The number of allylic oxidation sites excluding steroid dienone is 3. The van der Waals surface area contributed by atoms with E-state index < -0.39 is 0 Å². The van der Waals surface area contributed by atoms with Crippen LogP contribution in [0.2, 0.25) is 0 Å². The van der Waals surface area contributed by atoms with Crippen LogP contribution in [0.1, 0.15) is 30.4 Å². The second-order valence-electron chi connectivity index (χ2n) is 5.51. The zero-order valence-electron chi connectivity index (χ0n) is 12.9. The van der Waals surface area contributed by atoms with Crippen LogP contribution in [0.3, 0.4) is 0 Å². The minimum atomic E-state index is -0.0787. The van der Waals surface area contributed by atoms with Crippen molar-refractivity contribution in [3.63, 3.8) is 0 Å². The fourth-order valence-electron chi connectivity index (χ4n) is 2.44. The quantitative estimate of drug-likeness (QED) is 0.942. The minimum Gasteiger partial charge on any atom is -0.361 e. The lowest BCUT2D eigenvalue weighted by Gasteiger charge is -2.03. The monoisotopic (exact) mass is 298 g/mol. The predicted octanol–water partition coefficient (Wildman–Crippen LogP) is 2.75. The number of rotatable bonds is 4. The zero-order chi connectivity index (χ0) is 15.7. The van der Waals surface area contributed by atoms with Crippen LogP contribution >= 0.6 is 0 Å². The number of carbonyl (C=O) groups is 1. The highest BCUT2D eigenvalue weighted by molar-refractivity contribution is 6.04. The van der Waals surface area contributed by atoms with Gasteiger partial charge in [-0.1, -0.05) is 22.9 Å². The lowest BCUT2D eigenvalue weighted by atomic mass is 10.2. The molecule has 0 atom stereocenters. The molecule has 0 radical (unpaired) electrons. The van der Waals surface area contributed by atoms with Crippen molar-refractivity contribution in [1.29, 1.82) is 0 Å². The summed E-state index contributed by atoms with van der Waals surface area (Å²) in [6, 6.07) is 0. The SMILES string of the molecule is CC1=CCC(C(=O)Nc2cnn(Cc3c(C)noc3C)c2)=C1. The molecule has 114 valence electrons. The first-order chi connectivity index (χ1) is 10.5. The fourth-order valence-corrected chi connectivity index (χ4v) is 2.44. The van der Waals surface area contributed by atoms with Crippen molar-refractivity contribution in [2.75, 3.05) is 5.32 Å². The Hall–Kier alpha value is -2.63. The lowest BCUT2D eigenvalue weighted by Crippen LogP contribution is -2.12. The molecule has 0 saturated carbocycles. The number of hydrogen-bond donors (Lipinski definition) is 1. The summed E-state index contributed by atoms with van der Waals surface area (Å²) in [5, 5.41) is 11.1.